The lowest BCUT2D eigenvalue weighted by Crippen LogP contribution is -2.53. The highest BCUT2D eigenvalue weighted by Gasteiger charge is 2.32. The molecule has 0 bridgehead atoms. The molecule has 1 aromatic carbocycles. The first-order valence-corrected chi connectivity index (χ1v) is 9.09. The van der Waals surface area contributed by atoms with E-state index < -0.39 is 0 Å². The summed E-state index contributed by atoms with van der Waals surface area (Å²) < 4.78 is 25.8. The van der Waals surface area contributed by atoms with E-state index in [9.17, 15) is 4.39 Å². The number of guanidine groups is 1. The third-order valence-corrected chi connectivity index (χ3v) is 4.82. The standard InChI is InChI=1S/C17H23BrFN3O2.HI/c1-20-17(21-10-12-7-13(18)9-14(19)8-12)22-4-6-24-16(11-22)15-3-2-5-23-15;/h7-9,15-16H,2-6,10-11H2,1H3,(H,20,21);1H. The van der Waals surface area contributed by atoms with Gasteiger partial charge in [-0.2, -0.15) is 0 Å². The molecule has 0 aromatic heterocycles. The van der Waals surface area contributed by atoms with Gasteiger partial charge in [-0.05, 0) is 36.6 Å². The van der Waals surface area contributed by atoms with E-state index in [-0.39, 0.29) is 42.0 Å². The van der Waals surface area contributed by atoms with Crippen molar-refractivity contribution in [2.24, 2.45) is 4.99 Å². The molecule has 140 valence electrons. The number of nitrogens with zero attached hydrogens (tertiary/aromatic N) is 2. The zero-order valence-electron chi connectivity index (χ0n) is 14.2. The molecule has 2 heterocycles. The van der Waals surface area contributed by atoms with Crippen LogP contribution in [-0.2, 0) is 16.0 Å². The Morgan fingerprint density at radius 1 is 1.32 bits per heavy atom. The smallest absolute Gasteiger partial charge is 0.194 e. The van der Waals surface area contributed by atoms with Crippen LogP contribution in [0.15, 0.2) is 27.7 Å². The van der Waals surface area contributed by atoms with Gasteiger partial charge >= 0.3 is 0 Å². The van der Waals surface area contributed by atoms with Crippen LogP contribution in [0.3, 0.4) is 0 Å². The molecule has 3 rings (SSSR count). The van der Waals surface area contributed by atoms with Crippen molar-refractivity contribution in [3.05, 3.63) is 34.1 Å². The second-order valence-electron chi connectivity index (χ2n) is 6.09. The van der Waals surface area contributed by atoms with E-state index >= 15 is 0 Å². The van der Waals surface area contributed by atoms with Gasteiger partial charge in [0.1, 0.15) is 11.9 Å². The summed E-state index contributed by atoms with van der Waals surface area (Å²) in [6, 6.07) is 4.88. The minimum absolute atomic E-state index is 0. The minimum Gasteiger partial charge on any atom is -0.375 e. The fraction of sp³-hybridized carbons (Fsp3) is 0.588. The van der Waals surface area contributed by atoms with Crippen LogP contribution >= 0.6 is 39.9 Å². The molecule has 2 aliphatic heterocycles. The summed E-state index contributed by atoms with van der Waals surface area (Å²) in [7, 11) is 1.76. The third kappa shape index (κ3) is 5.77. The first-order chi connectivity index (χ1) is 11.7. The van der Waals surface area contributed by atoms with Crippen molar-refractivity contribution >= 4 is 45.9 Å². The van der Waals surface area contributed by atoms with E-state index in [2.05, 4.69) is 31.1 Å². The second-order valence-corrected chi connectivity index (χ2v) is 7.00. The zero-order valence-corrected chi connectivity index (χ0v) is 18.1. The highest BCUT2D eigenvalue weighted by molar-refractivity contribution is 14.0. The summed E-state index contributed by atoms with van der Waals surface area (Å²) in [5, 5.41) is 3.31. The molecule has 2 saturated heterocycles. The van der Waals surface area contributed by atoms with Crippen LogP contribution in [0.1, 0.15) is 18.4 Å². The Morgan fingerprint density at radius 2 is 2.12 bits per heavy atom. The van der Waals surface area contributed by atoms with Gasteiger partial charge in [0.15, 0.2) is 5.96 Å². The molecule has 1 aromatic rings. The number of hydrogen-bond donors (Lipinski definition) is 1. The number of halogens is 3. The Morgan fingerprint density at radius 3 is 2.80 bits per heavy atom. The predicted octanol–water partition coefficient (Wildman–Crippen LogP) is 3.16. The molecule has 5 nitrogen and oxygen atoms in total. The van der Waals surface area contributed by atoms with Crippen molar-refractivity contribution in [1.29, 1.82) is 0 Å². The van der Waals surface area contributed by atoms with Crippen LogP contribution in [0.25, 0.3) is 0 Å². The molecule has 1 N–H and O–H groups in total. The maximum absolute atomic E-state index is 13.5. The van der Waals surface area contributed by atoms with Gasteiger partial charge in [0.05, 0.1) is 12.7 Å². The van der Waals surface area contributed by atoms with Gasteiger partial charge in [-0.15, -0.1) is 24.0 Å². The number of nitrogens with one attached hydrogen (secondary N) is 1. The molecule has 2 fully saturated rings. The Bertz CT molecular complexity index is 579. The minimum atomic E-state index is -0.249. The third-order valence-electron chi connectivity index (χ3n) is 4.36. The van der Waals surface area contributed by atoms with Gasteiger partial charge in [-0.3, -0.25) is 4.99 Å². The van der Waals surface area contributed by atoms with E-state index in [0.29, 0.717) is 13.2 Å². The molecule has 25 heavy (non-hydrogen) atoms. The lowest BCUT2D eigenvalue weighted by Gasteiger charge is -2.37. The molecular formula is C17H24BrFIN3O2. The molecule has 0 spiro atoms. The molecule has 0 radical (unpaired) electrons. The maximum Gasteiger partial charge on any atom is 0.194 e. The molecule has 0 aliphatic carbocycles. The van der Waals surface area contributed by atoms with E-state index in [0.717, 1.165) is 48.5 Å². The van der Waals surface area contributed by atoms with E-state index in [1.807, 2.05) is 6.07 Å². The van der Waals surface area contributed by atoms with Gasteiger partial charge in [-0.25, -0.2) is 4.39 Å². The zero-order chi connectivity index (χ0) is 16.9. The average Bonchev–Trinajstić information content (AvgIpc) is 3.09. The van der Waals surface area contributed by atoms with Gasteiger partial charge in [0.2, 0.25) is 0 Å². The second kappa shape index (κ2) is 10.0. The highest BCUT2D eigenvalue weighted by Crippen LogP contribution is 2.21. The van der Waals surface area contributed by atoms with Gasteiger partial charge in [-0.1, -0.05) is 15.9 Å². The lowest BCUT2D eigenvalue weighted by molar-refractivity contribution is -0.0817. The van der Waals surface area contributed by atoms with Crippen LogP contribution in [0.4, 0.5) is 4.39 Å². The lowest BCUT2D eigenvalue weighted by atomic mass is 10.1. The topological polar surface area (TPSA) is 46.1 Å². The first kappa shape index (κ1) is 20.9. The molecule has 0 saturated carbocycles. The van der Waals surface area contributed by atoms with Crippen molar-refractivity contribution in [3.63, 3.8) is 0 Å². The summed E-state index contributed by atoms with van der Waals surface area (Å²) in [4.78, 5) is 6.55. The van der Waals surface area contributed by atoms with Gasteiger partial charge < -0.3 is 19.7 Å². The largest absolute Gasteiger partial charge is 0.375 e. The summed E-state index contributed by atoms with van der Waals surface area (Å²) in [5.41, 5.74) is 0.868. The molecule has 0 amide bonds. The number of aliphatic imine (C=N–C) groups is 1. The predicted molar refractivity (Wildman–Crippen MR) is 110 cm³/mol. The van der Waals surface area contributed by atoms with E-state index in [1.54, 1.807) is 7.05 Å². The highest BCUT2D eigenvalue weighted by atomic mass is 127. The van der Waals surface area contributed by atoms with Crippen LogP contribution in [0.2, 0.25) is 0 Å². The van der Waals surface area contributed by atoms with Gasteiger partial charge in [0.25, 0.3) is 0 Å². The Kier molecular flexibility index (Phi) is 8.37. The number of morpholine rings is 1. The fourth-order valence-corrected chi connectivity index (χ4v) is 3.73. The number of ether oxygens (including phenoxy) is 2. The Labute approximate surface area is 173 Å². The molecule has 8 heteroatoms. The summed E-state index contributed by atoms with van der Waals surface area (Å²) in [5.74, 6) is 0.558. The van der Waals surface area contributed by atoms with Crippen molar-refractivity contribution in [1.82, 2.24) is 10.2 Å². The normalized spacial score (nSPS) is 24.1. The SMILES string of the molecule is CN=C(NCc1cc(F)cc(Br)c1)N1CCOC(C2CCCO2)C1.I. The van der Waals surface area contributed by atoms with Crippen LogP contribution < -0.4 is 5.32 Å². The summed E-state index contributed by atoms with van der Waals surface area (Å²) >= 11 is 3.32. The first-order valence-electron chi connectivity index (χ1n) is 8.29. The van der Waals surface area contributed by atoms with Crippen molar-refractivity contribution < 1.29 is 13.9 Å². The molecule has 2 aliphatic rings. The van der Waals surface area contributed by atoms with Crippen molar-refractivity contribution in [2.75, 3.05) is 33.4 Å². The van der Waals surface area contributed by atoms with Gasteiger partial charge in [0, 0.05) is 37.8 Å². The Balaban J connectivity index is 0.00000225. The molecule has 2 atom stereocenters. The quantitative estimate of drug-likeness (QED) is 0.372. The molecule has 2 unspecified atom stereocenters. The summed E-state index contributed by atoms with van der Waals surface area (Å²) in [6.07, 6.45) is 2.43. The summed E-state index contributed by atoms with van der Waals surface area (Å²) in [6.45, 7) is 3.56. The number of benzene rings is 1. The van der Waals surface area contributed by atoms with Crippen LogP contribution in [0, 0.1) is 5.82 Å². The molecular weight excluding hydrogens is 504 g/mol. The fourth-order valence-electron chi connectivity index (χ4n) is 3.21. The number of rotatable bonds is 3. The van der Waals surface area contributed by atoms with E-state index in [4.69, 9.17) is 9.47 Å². The van der Waals surface area contributed by atoms with Crippen LogP contribution in [-0.4, -0.2) is 56.4 Å². The average molecular weight is 528 g/mol. The van der Waals surface area contributed by atoms with Crippen molar-refractivity contribution in [3.8, 4) is 0 Å². The van der Waals surface area contributed by atoms with Crippen LogP contribution in [0.5, 0.6) is 0 Å². The Hall–Kier alpha value is -0.450. The number of hydrogen-bond acceptors (Lipinski definition) is 3. The van der Waals surface area contributed by atoms with E-state index in [1.165, 1.54) is 12.1 Å². The maximum atomic E-state index is 13.5. The van der Waals surface area contributed by atoms with Crippen molar-refractivity contribution in [2.45, 2.75) is 31.6 Å². The monoisotopic (exact) mass is 527 g/mol.